The van der Waals surface area contributed by atoms with E-state index in [0.717, 1.165) is 10.7 Å². The number of anilines is 2. The number of hydrogen-bond acceptors (Lipinski definition) is 5. The number of nitrogens with zero attached hydrogens (tertiary/aromatic N) is 1. The van der Waals surface area contributed by atoms with Crippen LogP contribution in [0.15, 0.2) is 33.4 Å². The molecule has 2 N–H and O–H groups in total. The highest BCUT2D eigenvalue weighted by atomic mass is 79.9. The number of benzene rings is 1. The molecule has 7 heteroatoms. The van der Waals surface area contributed by atoms with Crippen molar-refractivity contribution in [3.63, 3.8) is 0 Å². The molecular formula is C11H9BrN2O4. The van der Waals surface area contributed by atoms with Crippen molar-refractivity contribution in [2.45, 2.75) is 0 Å². The number of nitrogens with one attached hydrogen (secondary N) is 1. The summed E-state index contributed by atoms with van der Waals surface area (Å²) in [5.74, 6) is -0.495. The Morgan fingerprint density at radius 2 is 2.33 bits per heavy atom. The van der Waals surface area contributed by atoms with Crippen molar-refractivity contribution in [3.8, 4) is 5.75 Å². The molecule has 0 fully saturated rings. The largest absolute Gasteiger partial charge is 0.495 e. The van der Waals surface area contributed by atoms with Crippen molar-refractivity contribution in [1.29, 1.82) is 0 Å². The molecule has 6 nitrogen and oxygen atoms in total. The summed E-state index contributed by atoms with van der Waals surface area (Å²) in [7, 11) is 1.55. The molecule has 1 aromatic heterocycles. The molecule has 1 heterocycles. The highest BCUT2D eigenvalue weighted by molar-refractivity contribution is 9.10. The molecule has 0 saturated carbocycles. The van der Waals surface area contributed by atoms with E-state index in [1.54, 1.807) is 25.3 Å². The van der Waals surface area contributed by atoms with Crippen LogP contribution < -0.4 is 10.1 Å². The minimum atomic E-state index is -1.14. The number of carbonyl (C=O) groups is 1. The third kappa shape index (κ3) is 2.62. The zero-order chi connectivity index (χ0) is 13.1. The second-order valence-corrected chi connectivity index (χ2v) is 4.17. The number of aromatic carboxylic acids is 1. The summed E-state index contributed by atoms with van der Waals surface area (Å²) < 4.78 is 10.9. The fraction of sp³-hybridized carbons (Fsp3) is 0.0909. The number of carboxylic acids is 1. The van der Waals surface area contributed by atoms with Crippen LogP contribution in [-0.4, -0.2) is 23.2 Å². The predicted octanol–water partition coefficient (Wildman–Crippen LogP) is 2.89. The van der Waals surface area contributed by atoms with E-state index in [1.165, 1.54) is 0 Å². The Bertz CT molecular complexity index is 582. The second-order valence-electron chi connectivity index (χ2n) is 3.32. The van der Waals surface area contributed by atoms with E-state index in [2.05, 4.69) is 26.2 Å². The van der Waals surface area contributed by atoms with Crippen molar-refractivity contribution in [1.82, 2.24) is 4.98 Å². The number of rotatable bonds is 4. The molecule has 0 saturated heterocycles. The monoisotopic (exact) mass is 312 g/mol. The third-order valence-electron chi connectivity index (χ3n) is 2.13. The normalized spacial score (nSPS) is 10.1. The molecule has 0 spiro atoms. The van der Waals surface area contributed by atoms with Crippen LogP contribution in [0.2, 0.25) is 0 Å². The lowest BCUT2D eigenvalue weighted by atomic mass is 10.3. The fourth-order valence-corrected chi connectivity index (χ4v) is 1.70. The molecule has 0 amide bonds. The van der Waals surface area contributed by atoms with Gasteiger partial charge >= 0.3 is 5.97 Å². The first-order valence-electron chi connectivity index (χ1n) is 4.89. The van der Waals surface area contributed by atoms with Gasteiger partial charge in [0.1, 0.15) is 12.0 Å². The molecule has 0 unspecified atom stereocenters. The minimum absolute atomic E-state index is 0.108. The standard InChI is InChI=1S/C11H9BrN2O4/c1-17-9-4-6(2-3-7(9)12)13-11-14-8(5-18-11)10(15)16/h2-5H,1H3,(H,13,14)(H,15,16). The average Bonchev–Trinajstić information content (AvgIpc) is 2.80. The van der Waals surface area contributed by atoms with Gasteiger partial charge in [-0.2, -0.15) is 4.98 Å². The molecule has 1 aromatic carbocycles. The van der Waals surface area contributed by atoms with Gasteiger partial charge < -0.3 is 19.6 Å². The molecule has 0 aliphatic heterocycles. The van der Waals surface area contributed by atoms with Gasteiger partial charge in [-0.15, -0.1) is 0 Å². The van der Waals surface area contributed by atoms with Gasteiger partial charge in [0.2, 0.25) is 0 Å². The van der Waals surface area contributed by atoms with Gasteiger partial charge in [0.25, 0.3) is 6.01 Å². The maximum absolute atomic E-state index is 10.6. The van der Waals surface area contributed by atoms with Gasteiger partial charge in [-0.25, -0.2) is 4.79 Å². The number of carboxylic acid groups (broad SMARTS) is 1. The minimum Gasteiger partial charge on any atom is -0.495 e. The summed E-state index contributed by atoms with van der Waals surface area (Å²) in [6, 6.07) is 5.41. The third-order valence-corrected chi connectivity index (χ3v) is 2.78. The first-order chi connectivity index (χ1) is 8.60. The summed E-state index contributed by atoms with van der Waals surface area (Å²) >= 11 is 3.33. The quantitative estimate of drug-likeness (QED) is 0.903. The van der Waals surface area contributed by atoms with Crippen molar-refractivity contribution < 1.29 is 19.1 Å². The SMILES string of the molecule is COc1cc(Nc2nc(C(=O)O)co2)ccc1Br. The van der Waals surface area contributed by atoms with E-state index in [9.17, 15) is 4.79 Å². The first kappa shape index (κ1) is 12.4. The highest BCUT2D eigenvalue weighted by Crippen LogP contribution is 2.29. The van der Waals surface area contributed by atoms with Crippen LogP contribution in [0.25, 0.3) is 0 Å². The Balaban J connectivity index is 2.20. The molecule has 0 bridgehead atoms. The van der Waals surface area contributed by atoms with Crippen LogP contribution >= 0.6 is 15.9 Å². The number of oxazole rings is 1. The lowest BCUT2D eigenvalue weighted by molar-refractivity contribution is 0.0690. The zero-order valence-electron chi connectivity index (χ0n) is 9.31. The summed E-state index contributed by atoms with van der Waals surface area (Å²) in [4.78, 5) is 14.4. The van der Waals surface area contributed by atoms with E-state index in [-0.39, 0.29) is 11.7 Å². The number of halogens is 1. The molecule has 2 rings (SSSR count). The lowest BCUT2D eigenvalue weighted by Gasteiger charge is -2.06. The van der Waals surface area contributed by atoms with E-state index < -0.39 is 5.97 Å². The van der Waals surface area contributed by atoms with Crippen molar-refractivity contribution in [2.75, 3.05) is 12.4 Å². The van der Waals surface area contributed by atoms with Crippen LogP contribution in [0.1, 0.15) is 10.5 Å². The Labute approximate surface area is 111 Å². The van der Waals surface area contributed by atoms with Gasteiger partial charge in [-0.3, -0.25) is 0 Å². The molecule has 0 atom stereocenters. The summed E-state index contributed by atoms with van der Waals surface area (Å²) in [5, 5.41) is 11.5. The molecule has 0 radical (unpaired) electrons. The molecular weight excluding hydrogens is 304 g/mol. The molecule has 94 valence electrons. The molecule has 0 aliphatic carbocycles. The van der Waals surface area contributed by atoms with Gasteiger partial charge in [-0.1, -0.05) is 0 Å². The maximum Gasteiger partial charge on any atom is 0.357 e. The maximum atomic E-state index is 10.6. The van der Waals surface area contributed by atoms with Crippen molar-refractivity contribution in [2.24, 2.45) is 0 Å². The predicted molar refractivity (Wildman–Crippen MR) is 67.4 cm³/mol. The number of methoxy groups -OCH3 is 1. The summed E-state index contributed by atoms with van der Waals surface area (Å²) in [6.07, 6.45) is 1.07. The zero-order valence-corrected chi connectivity index (χ0v) is 10.9. The molecule has 2 aromatic rings. The van der Waals surface area contributed by atoms with Crippen LogP contribution in [0.5, 0.6) is 5.75 Å². The first-order valence-corrected chi connectivity index (χ1v) is 5.69. The average molecular weight is 313 g/mol. The number of hydrogen-bond donors (Lipinski definition) is 2. The van der Waals surface area contributed by atoms with Gasteiger partial charge in [0.15, 0.2) is 5.69 Å². The Hall–Kier alpha value is -2.02. The Kier molecular flexibility index (Phi) is 3.52. The fourth-order valence-electron chi connectivity index (χ4n) is 1.29. The Morgan fingerprint density at radius 1 is 1.56 bits per heavy atom. The van der Waals surface area contributed by atoms with Crippen LogP contribution in [0.3, 0.4) is 0 Å². The van der Waals surface area contributed by atoms with E-state index in [4.69, 9.17) is 14.3 Å². The topological polar surface area (TPSA) is 84.6 Å². The van der Waals surface area contributed by atoms with Crippen LogP contribution in [0, 0.1) is 0 Å². The van der Waals surface area contributed by atoms with Crippen molar-refractivity contribution >= 4 is 33.6 Å². The van der Waals surface area contributed by atoms with Gasteiger partial charge in [0, 0.05) is 11.8 Å². The van der Waals surface area contributed by atoms with E-state index in [0.29, 0.717) is 11.4 Å². The Morgan fingerprint density at radius 3 is 2.94 bits per heavy atom. The van der Waals surface area contributed by atoms with Gasteiger partial charge in [-0.05, 0) is 28.1 Å². The van der Waals surface area contributed by atoms with Crippen LogP contribution in [-0.2, 0) is 0 Å². The highest BCUT2D eigenvalue weighted by Gasteiger charge is 2.10. The smallest absolute Gasteiger partial charge is 0.357 e. The van der Waals surface area contributed by atoms with E-state index >= 15 is 0 Å². The van der Waals surface area contributed by atoms with E-state index in [1.807, 2.05) is 0 Å². The number of ether oxygens (including phenoxy) is 1. The van der Waals surface area contributed by atoms with Gasteiger partial charge in [0.05, 0.1) is 11.6 Å². The summed E-state index contributed by atoms with van der Waals surface area (Å²) in [6.45, 7) is 0. The summed E-state index contributed by atoms with van der Waals surface area (Å²) in [5.41, 5.74) is 0.524. The molecule has 0 aliphatic rings. The second kappa shape index (κ2) is 5.09. The van der Waals surface area contributed by atoms with Crippen LogP contribution in [0.4, 0.5) is 11.7 Å². The lowest BCUT2D eigenvalue weighted by Crippen LogP contribution is -1.97. The molecule has 18 heavy (non-hydrogen) atoms. The van der Waals surface area contributed by atoms with Crippen molar-refractivity contribution in [3.05, 3.63) is 34.6 Å². The number of aromatic nitrogens is 1.